The van der Waals surface area contributed by atoms with Crippen LogP contribution in [0, 0.1) is 0 Å². The summed E-state index contributed by atoms with van der Waals surface area (Å²) in [6.07, 6.45) is 1.91. The zero-order valence-electron chi connectivity index (χ0n) is 15.6. The largest absolute Gasteiger partial charge is 0.444 e. The number of nitrogens with zero attached hydrogens (tertiary/aromatic N) is 2. The molecule has 23 heavy (non-hydrogen) atoms. The molecule has 0 spiro atoms. The van der Waals surface area contributed by atoms with Gasteiger partial charge in [0.05, 0.1) is 0 Å². The molecule has 3 N–H and O–H groups in total. The van der Waals surface area contributed by atoms with E-state index in [0.29, 0.717) is 6.04 Å². The number of nitrogens with two attached hydrogens (primary N) is 1. The molecule has 2 saturated heterocycles. The molecule has 6 nitrogen and oxygen atoms in total. The van der Waals surface area contributed by atoms with Gasteiger partial charge in [-0.2, -0.15) is 0 Å². The van der Waals surface area contributed by atoms with E-state index in [9.17, 15) is 4.79 Å². The quantitative estimate of drug-likeness (QED) is 0.824. The lowest BCUT2D eigenvalue weighted by atomic mass is 10.2. The second kappa shape index (κ2) is 9.45. The Labute approximate surface area is 141 Å². The van der Waals surface area contributed by atoms with Gasteiger partial charge in [0.25, 0.3) is 0 Å². The van der Waals surface area contributed by atoms with Crippen LogP contribution in [0.15, 0.2) is 0 Å². The monoisotopic (exact) mass is 328 g/mol. The van der Waals surface area contributed by atoms with Crippen molar-refractivity contribution in [1.82, 2.24) is 15.1 Å². The molecule has 0 aromatic heterocycles. The summed E-state index contributed by atoms with van der Waals surface area (Å²) in [6.45, 7) is 16.5. The number of alkyl carbamates (subject to hydrolysis) is 1. The molecule has 0 saturated carbocycles. The summed E-state index contributed by atoms with van der Waals surface area (Å²) in [5.41, 5.74) is 5.25. The Bertz CT molecular complexity index is 357. The molecule has 0 bridgehead atoms. The molecule has 0 aromatic carbocycles. The van der Waals surface area contributed by atoms with E-state index >= 15 is 0 Å². The maximum absolute atomic E-state index is 11.5. The highest BCUT2D eigenvalue weighted by molar-refractivity contribution is 5.68. The van der Waals surface area contributed by atoms with Crippen LogP contribution in [0.2, 0.25) is 0 Å². The highest BCUT2D eigenvalue weighted by Gasteiger charge is 2.24. The smallest absolute Gasteiger partial charge is 0.407 e. The molecule has 136 valence electrons. The Balaban J connectivity index is 0.000000277. The first-order chi connectivity index (χ1) is 10.7. The first kappa shape index (κ1) is 20.2. The van der Waals surface area contributed by atoms with Crippen molar-refractivity contribution in [3.05, 3.63) is 0 Å². The lowest BCUT2D eigenvalue weighted by molar-refractivity contribution is 0.0506. The highest BCUT2D eigenvalue weighted by Crippen LogP contribution is 2.11. The van der Waals surface area contributed by atoms with E-state index < -0.39 is 5.60 Å². The van der Waals surface area contributed by atoms with Crippen LogP contribution in [0.4, 0.5) is 4.79 Å². The zero-order valence-corrected chi connectivity index (χ0v) is 15.6. The van der Waals surface area contributed by atoms with Crippen molar-refractivity contribution in [2.24, 2.45) is 5.73 Å². The van der Waals surface area contributed by atoms with Crippen LogP contribution < -0.4 is 11.1 Å². The molecule has 6 heteroatoms. The van der Waals surface area contributed by atoms with Gasteiger partial charge in [0, 0.05) is 31.7 Å². The van der Waals surface area contributed by atoms with E-state index in [1.54, 1.807) is 0 Å². The number of amides is 1. The van der Waals surface area contributed by atoms with Gasteiger partial charge in [0.2, 0.25) is 0 Å². The lowest BCUT2D eigenvalue weighted by Crippen LogP contribution is -2.40. The van der Waals surface area contributed by atoms with Gasteiger partial charge in [-0.1, -0.05) is 13.8 Å². The Morgan fingerprint density at radius 1 is 1.13 bits per heavy atom. The van der Waals surface area contributed by atoms with E-state index in [1.165, 1.54) is 13.0 Å². The third-order valence-corrected chi connectivity index (χ3v) is 4.20. The average molecular weight is 329 g/mol. The zero-order chi connectivity index (χ0) is 17.5. The van der Waals surface area contributed by atoms with Crippen LogP contribution in [-0.4, -0.2) is 72.8 Å². The minimum atomic E-state index is -0.410. The molecule has 2 rings (SSSR count). The van der Waals surface area contributed by atoms with Crippen molar-refractivity contribution in [2.75, 3.05) is 39.3 Å². The summed E-state index contributed by atoms with van der Waals surface area (Å²) in [5.74, 6) is 0. The van der Waals surface area contributed by atoms with E-state index in [1.807, 2.05) is 20.8 Å². The molecule has 2 fully saturated rings. The minimum absolute atomic E-state index is 0.250. The molecular weight excluding hydrogens is 292 g/mol. The van der Waals surface area contributed by atoms with Crippen molar-refractivity contribution >= 4 is 6.09 Å². The molecule has 2 heterocycles. The summed E-state index contributed by atoms with van der Waals surface area (Å²) in [6, 6.07) is 0.703. The number of likely N-dealkylation sites (N-methyl/N-ethyl adjacent to an activating group) is 2. The Morgan fingerprint density at radius 3 is 2.09 bits per heavy atom. The molecule has 2 atom stereocenters. The maximum Gasteiger partial charge on any atom is 0.407 e. The number of rotatable bonds is 3. The molecule has 1 amide bonds. The summed E-state index contributed by atoms with van der Waals surface area (Å²) < 4.78 is 5.20. The summed E-state index contributed by atoms with van der Waals surface area (Å²) in [7, 11) is 0. The molecular formula is C17H36N4O2. The SMILES string of the molecule is CCN1CC[C@@H](N)C1.CCN1CC[C@@H](NC(=O)OC(C)(C)C)C1. The van der Waals surface area contributed by atoms with Crippen molar-refractivity contribution in [3.63, 3.8) is 0 Å². The lowest BCUT2D eigenvalue weighted by Gasteiger charge is -2.21. The fraction of sp³-hybridized carbons (Fsp3) is 0.941. The second-order valence-corrected chi connectivity index (χ2v) is 7.47. The highest BCUT2D eigenvalue weighted by atomic mass is 16.6. The third kappa shape index (κ3) is 8.53. The van der Waals surface area contributed by atoms with Crippen LogP contribution in [-0.2, 0) is 4.74 Å². The predicted octanol–water partition coefficient (Wildman–Crippen LogP) is 1.64. The third-order valence-electron chi connectivity index (χ3n) is 4.20. The van der Waals surface area contributed by atoms with Gasteiger partial charge in [-0.25, -0.2) is 4.79 Å². The minimum Gasteiger partial charge on any atom is -0.444 e. The van der Waals surface area contributed by atoms with E-state index in [0.717, 1.165) is 39.1 Å². The molecule has 0 aliphatic carbocycles. The number of hydrogen-bond acceptors (Lipinski definition) is 5. The van der Waals surface area contributed by atoms with Gasteiger partial charge in [-0.3, -0.25) is 0 Å². The number of nitrogens with one attached hydrogen (secondary N) is 1. The van der Waals surface area contributed by atoms with Crippen LogP contribution in [0.1, 0.15) is 47.5 Å². The van der Waals surface area contributed by atoms with Gasteiger partial charge in [0.1, 0.15) is 5.60 Å². The van der Waals surface area contributed by atoms with Crippen LogP contribution >= 0.6 is 0 Å². The van der Waals surface area contributed by atoms with E-state index in [4.69, 9.17) is 10.5 Å². The summed E-state index contributed by atoms with van der Waals surface area (Å²) >= 11 is 0. The maximum atomic E-state index is 11.5. The fourth-order valence-electron chi connectivity index (χ4n) is 2.86. The van der Waals surface area contributed by atoms with Crippen molar-refractivity contribution < 1.29 is 9.53 Å². The van der Waals surface area contributed by atoms with Crippen LogP contribution in [0.25, 0.3) is 0 Å². The Morgan fingerprint density at radius 2 is 1.70 bits per heavy atom. The summed E-state index contributed by atoms with van der Waals surface area (Å²) in [4.78, 5) is 16.2. The van der Waals surface area contributed by atoms with Crippen LogP contribution in [0.3, 0.4) is 0 Å². The number of ether oxygens (including phenoxy) is 1. The van der Waals surface area contributed by atoms with Gasteiger partial charge in [0.15, 0.2) is 0 Å². The Hall–Kier alpha value is -0.850. The number of carbonyl (C=O) groups is 1. The van der Waals surface area contributed by atoms with E-state index in [-0.39, 0.29) is 12.1 Å². The van der Waals surface area contributed by atoms with Gasteiger partial charge < -0.3 is 25.6 Å². The Kier molecular flexibility index (Phi) is 8.29. The molecule has 0 aromatic rings. The summed E-state index contributed by atoms with van der Waals surface area (Å²) in [5, 5.41) is 2.90. The second-order valence-electron chi connectivity index (χ2n) is 7.47. The number of carbonyl (C=O) groups excluding carboxylic acids is 1. The standard InChI is InChI=1S/C11H22N2O2.C6H14N2/c1-5-13-7-6-9(8-13)12-10(14)15-11(2,3)4;1-2-8-4-3-6(7)5-8/h9H,5-8H2,1-4H3,(H,12,14);6H,2-5,7H2,1H3/t9-;6-/m11/s1. The van der Waals surface area contributed by atoms with E-state index in [2.05, 4.69) is 29.0 Å². The van der Waals surface area contributed by atoms with Crippen LogP contribution in [0.5, 0.6) is 0 Å². The predicted molar refractivity (Wildman–Crippen MR) is 94.6 cm³/mol. The van der Waals surface area contributed by atoms with Gasteiger partial charge in [-0.15, -0.1) is 0 Å². The molecule has 2 aliphatic rings. The molecule has 0 unspecified atom stereocenters. The first-order valence-electron chi connectivity index (χ1n) is 8.93. The van der Waals surface area contributed by atoms with Gasteiger partial charge >= 0.3 is 6.09 Å². The number of likely N-dealkylation sites (tertiary alicyclic amines) is 2. The van der Waals surface area contributed by atoms with Gasteiger partial charge in [-0.05, 0) is 53.2 Å². The fourth-order valence-corrected chi connectivity index (χ4v) is 2.86. The first-order valence-corrected chi connectivity index (χ1v) is 8.93. The molecule has 2 aliphatic heterocycles. The van der Waals surface area contributed by atoms with Crippen molar-refractivity contribution in [3.8, 4) is 0 Å². The van der Waals surface area contributed by atoms with Crippen molar-refractivity contribution in [1.29, 1.82) is 0 Å². The van der Waals surface area contributed by atoms with Crippen molar-refractivity contribution in [2.45, 2.75) is 65.1 Å². The topological polar surface area (TPSA) is 70.8 Å². The average Bonchev–Trinajstić information content (AvgIpc) is 3.06. The normalized spacial score (nSPS) is 25.8. The molecule has 0 radical (unpaired) electrons. The number of hydrogen-bond donors (Lipinski definition) is 2.